The number of halogens is 1. The predicted molar refractivity (Wildman–Crippen MR) is 131 cm³/mol. The van der Waals surface area contributed by atoms with Crippen molar-refractivity contribution in [3.8, 4) is 17.2 Å². The van der Waals surface area contributed by atoms with E-state index in [2.05, 4.69) is 15.8 Å². The van der Waals surface area contributed by atoms with Crippen molar-refractivity contribution in [1.29, 1.82) is 0 Å². The second kappa shape index (κ2) is 12.3. The Kier molecular flexibility index (Phi) is 8.88. The van der Waals surface area contributed by atoms with E-state index in [0.717, 1.165) is 0 Å². The average molecular weight is 482 g/mol. The molecule has 9 heteroatoms. The molecule has 0 spiro atoms. The summed E-state index contributed by atoms with van der Waals surface area (Å²) in [6, 6.07) is 18.6. The highest BCUT2D eigenvalue weighted by atomic mass is 35.5. The highest BCUT2D eigenvalue weighted by Crippen LogP contribution is 2.28. The number of nitrogens with zero attached hydrogens (tertiary/aromatic N) is 1. The average Bonchev–Trinajstić information content (AvgIpc) is 2.85. The molecule has 0 unspecified atom stereocenters. The molecule has 3 aromatic rings. The van der Waals surface area contributed by atoms with Gasteiger partial charge in [0.2, 0.25) is 0 Å². The number of carbonyl (C=O) groups excluding carboxylic acids is 2. The molecule has 0 heterocycles. The van der Waals surface area contributed by atoms with Gasteiger partial charge >= 0.3 is 0 Å². The summed E-state index contributed by atoms with van der Waals surface area (Å²) < 4.78 is 16.4. The Bertz CT molecular complexity index is 1170. The van der Waals surface area contributed by atoms with E-state index in [-0.39, 0.29) is 12.5 Å². The monoisotopic (exact) mass is 481 g/mol. The maximum Gasteiger partial charge on any atom is 0.271 e. The molecule has 2 amide bonds. The van der Waals surface area contributed by atoms with Gasteiger partial charge in [-0.2, -0.15) is 5.10 Å². The molecule has 2 N–H and O–H groups in total. The van der Waals surface area contributed by atoms with Gasteiger partial charge in [0.25, 0.3) is 11.8 Å². The molecule has 0 fully saturated rings. The molecule has 0 aliphatic rings. The fourth-order valence-corrected chi connectivity index (χ4v) is 3.03. The Balaban J connectivity index is 1.59. The molecular weight excluding hydrogens is 458 g/mol. The van der Waals surface area contributed by atoms with Crippen molar-refractivity contribution in [2.75, 3.05) is 25.6 Å². The standard InChI is InChI=1S/C25H24ClN3O5/c1-3-33-23-14-17(8-13-22(23)32-2)25(31)29-27-15-18-6-4-5-7-21(18)34-16-24(30)28-20-11-9-19(26)10-12-20/h4-15H,3,16H2,1-2H3,(H,28,30)(H,29,31)/b27-15+. The largest absolute Gasteiger partial charge is 0.493 e. The number of carbonyl (C=O) groups is 2. The van der Waals surface area contributed by atoms with E-state index in [0.29, 0.717) is 45.7 Å². The van der Waals surface area contributed by atoms with E-state index in [1.165, 1.54) is 13.3 Å². The van der Waals surface area contributed by atoms with Crippen LogP contribution in [0.3, 0.4) is 0 Å². The van der Waals surface area contributed by atoms with Crippen molar-refractivity contribution in [2.45, 2.75) is 6.92 Å². The Morgan fingerprint density at radius 3 is 2.47 bits per heavy atom. The molecule has 176 valence electrons. The summed E-state index contributed by atoms with van der Waals surface area (Å²) in [5.74, 6) is 0.702. The Labute approximate surface area is 202 Å². The number of anilines is 1. The zero-order chi connectivity index (χ0) is 24.3. The van der Waals surface area contributed by atoms with Crippen LogP contribution < -0.4 is 25.0 Å². The number of ether oxygens (including phenoxy) is 3. The quantitative estimate of drug-likeness (QED) is 0.327. The number of nitrogens with one attached hydrogen (secondary N) is 2. The third-order valence-electron chi connectivity index (χ3n) is 4.50. The van der Waals surface area contributed by atoms with Crippen LogP contribution in [-0.4, -0.2) is 38.4 Å². The lowest BCUT2D eigenvalue weighted by molar-refractivity contribution is -0.118. The van der Waals surface area contributed by atoms with Crippen LogP contribution in [0.2, 0.25) is 5.02 Å². The van der Waals surface area contributed by atoms with Gasteiger partial charge in [-0.05, 0) is 61.5 Å². The number of hydrazone groups is 1. The van der Waals surface area contributed by atoms with E-state index in [9.17, 15) is 9.59 Å². The van der Waals surface area contributed by atoms with Crippen LogP contribution in [0.15, 0.2) is 71.8 Å². The van der Waals surface area contributed by atoms with Gasteiger partial charge in [0.1, 0.15) is 5.75 Å². The zero-order valence-corrected chi connectivity index (χ0v) is 19.5. The fourth-order valence-electron chi connectivity index (χ4n) is 2.90. The molecule has 0 radical (unpaired) electrons. The predicted octanol–water partition coefficient (Wildman–Crippen LogP) is 4.53. The molecule has 0 aromatic heterocycles. The van der Waals surface area contributed by atoms with Crippen LogP contribution in [0.1, 0.15) is 22.8 Å². The van der Waals surface area contributed by atoms with Crippen molar-refractivity contribution in [2.24, 2.45) is 5.10 Å². The number of hydrogen-bond acceptors (Lipinski definition) is 6. The minimum atomic E-state index is -0.416. The van der Waals surface area contributed by atoms with Crippen LogP contribution in [0.25, 0.3) is 0 Å². The molecule has 0 bridgehead atoms. The first-order valence-corrected chi connectivity index (χ1v) is 10.8. The van der Waals surface area contributed by atoms with Crippen molar-refractivity contribution < 1.29 is 23.8 Å². The second-order valence-electron chi connectivity index (χ2n) is 6.88. The van der Waals surface area contributed by atoms with Crippen molar-refractivity contribution in [3.05, 3.63) is 82.9 Å². The van der Waals surface area contributed by atoms with E-state index in [1.807, 2.05) is 6.92 Å². The van der Waals surface area contributed by atoms with E-state index in [4.69, 9.17) is 25.8 Å². The van der Waals surface area contributed by atoms with Crippen LogP contribution in [0.5, 0.6) is 17.2 Å². The Morgan fingerprint density at radius 1 is 0.971 bits per heavy atom. The fraction of sp³-hybridized carbons (Fsp3) is 0.160. The molecule has 0 saturated heterocycles. The van der Waals surface area contributed by atoms with Gasteiger partial charge in [-0.1, -0.05) is 23.7 Å². The summed E-state index contributed by atoms with van der Waals surface area (Å²) in [5.41, 5.74) is 4.04. The van der Waals surface area contributed by atoms with Gasteiger partial charge in [-0.25, -0.2) is 5.43 Å². The Hall–Kier alpha value is -4.04. The number of benzene rings is 3. The first-order valence-electron chi connectivity index (χ1n) is 10.4. The minimum absolute atomic E-state index is 0.202. The lowest BCUT2D eigenvalue weighted by atomic mass is 10.2. The van der Waals surface area contributed by atoms with Crippen molar-refractivity contribution >= 4 is 35.3 Å². The van der Waals surface area contributed by atoms with Crippen molar-refractivity contribution in [1.82, 2.24) is 5.43 Å². The molecule has 3 rings (SSSR count). The van der Waals surface area contributed by atoms with Gasteiger partial charge in [-0.15, -0.1) is 0 Å². The summed E-state index contributed by atoms with van der Waals surface area (Å²) in [4.78, 5) is 24.7. The topological polar surface area (TPSA) is 98.3 Å². The highest BCUT2D eigenvalue weighted by molar-refractivity contribution is 6.30. The maximum atomic E-state index is 12.5. The lowest BCUT2D eigenvalue weighted by Crippen LogP contribution is -2.20. The number of rotatable bonds is 10. The zero-order valence-electron chi connectivity index (χ0n) is 18.7. The molecule has 0 saturated carbocycles. The van der Waals surface area contributed by atoms with E-state index in [1.54, 1.807) is 66.7 Å². The van der Waals surface area contributed by atoms with Crippen LogP contribution in [0, 0.1) is 0 Å². The van der Waals surface area contributed by atoms with Gasteiger partial charge in [-0.3, -0.25) is 9.59 Å². The molecule has 0 aliphatic heterocycles. The van der Waals surface area contributed by atoms with Crippen LogP contribution in [0.4, 0.5) is 5.69 Å². The van der Waals surface area contributed by atoms with Crippen molar-refractivity contribution in [3.63, 3.8) is 0 Å². The molecule has 8 nitrogen and oxygen atoms in total. The van der Waals surface area contributed by atoms with Gasteiger partial charge < -0.3 is 19.5 Å². The number of amides is 2. The molecule has 3 aromatic carbocycles. The molecule has 34 heavy (non-hydrogen) atoms. The minimum Gasteiger partial charge on any atom is -0.493 e. The third kappa shape index (κ3) is 6.98. The van der Waals surface area contributed by atoms with Gasteiger partial charge in [0.05, 0.1) is 19.9 Å². The molecule has 0 atom stereocenters. The first-order chi connectivity index (χ1) is 16.5. The normalized spacial score (nSPS) is 10.6. The van der Waals surface area contributed by atoms with E-state index >= 15 is 0 Å². The summed E-state index contributed by atoms with van der Waals surface area (Å²) in [7, 11) is 1.53. The second-order valence-corrected chi connectivity index (χ2v) is 7.32. The molecule has 0 aliphatic carbocycles. The summed E-state index contributed by atoms with van der Waals surface area (Å²) in [6.45, 7) is 2.08. The van der Waals surface area contributed by atoms with Crippen LogP contribution in [-0.2, 0) is 4.79 Å². The first kappa shape index (κ1) is 24.6. The Morgan fingerprint density at radius 2 is 1.74 bits per heavy atom. The third-order valence-corrected chi connectivity index (χ3v) is 4.75. The van der Waals surface area contributed by atoms with Crippen LogP contribution >= 0.6 is 11.6 Å². The number of methoxy groups -OCH3 is 1. The smallest absolute Gasteiger partial charge is 0.271 e. The summed E-state index contributed by atoms with van der Waals surface area (Å²) in [6.07, 6.45) is 1.44. The highest BCUT2D eigenvalue weighted by Gasteiger charge is 2.11. The number of para-hydroxylation sites is 1. The molecular formula is C25H24ClN3O5. The maximum absolute atomic E-state index is 12.5. The van der Waals surface area contributed by atoms with E-state index < -0.39 is 5.91 Å². The van der Waals surface area contributed by atoms with Gasteiger partial charge in [0, 0.05) is 21.8 Å². The summed E-state index contributed by atoms with van der Waals surface area (Å²) in [5, 5.41) is 7.31. The SMILES string of the molecule is CCOc1cc(C(=O)N/N=C/c2ccccc2OCC(=O)Nc2ccc(Cl)cc2)ccc1OC. The van der Waals surface area contributed by atoms with Gasteiger partial charge in [0.15, 0.2) is 18.1 Å². The lowest BCUT2D eigenvalue weighted by Gasteiger charge is -2.10. The number of hydrogen-bond donors (Lipinski definition) is 2. The summed E-state index contributed by atoms with van der Waals surface area (Å²) >= 11 is 5.85.